The minimum Gasteiger partial charge on any atom is -0.462 e. The molecule has 0 aliphatic carbocycles. The van der Waals surface area contributed by atoms with Crippen molar-refractivity contribution in [1.29, 1.82) is 0 Å². The fourth-order valence-electron chi connectivity index (χ4n) is 1.79. The van der Waals surface area contributed by atoms with E-state index in [2.05, 4.69) is 0 Å². The molecule has 0 aliphatic heterocycles. The van der Waals surface area contributed by atoms with Crippen LogP contribution in [0.15, 0.2) is 47.4 Å². The number of carbonyl (C=O) groups is 1. The maximum absolute atomic E-state index is 11.6. The summed E-state index contributed by atoms with van der Waals surface area (Å²) in [6, 6.07) is 12.9. The highest BCUT2D eigenvalue weighted by Crippen LogP contribution is 2.31. The Labute approximate surface area is 133 Å². The van der Waals surface area contributed by atoms with E-state index < -0.39 is 0 Å². The van der Waals surface area contributed by atoms with Crippen LogP contribution in [0.1, 0.15) is 22.8 Å². The predicted molar refractivity (Wildman–Crippen MR) is 87.8 cm³/mol. The van der Waals surface area contributed by atoms with E-state index in [1.54, 1.807) is 30.8 Å². The number of ether oxygens (including phenoxy) is 1. The summed E-state index contributed by atoms with van der Waals surface area (Å²) < 4.78 is 4.95. The monoisotopic (exact) mass is 321 g/mol. The fourth-order valence-corrected chi connectivity index (χ4v) is 3.03. The second-order valence-electron chi connectivity index (χ2n) is 4.35. The van der Waals surface area contributed by atoms with Gasteiger partial charge in [0.25, 0.3) is 0 Å². The molecule has 0 saturated heterocycles. The lowest BCUT2D eigenvalue weighted by Crippen LogP contribution is -2.05. The molecule has 3 nitrogen and oxygen atoms in total. The molecule has 0 radical (unpaired) electrons. The second-order valence-corrected chi connectivity index (χ2v) is 5.78. The molecule has 5 heteroatoms. The summed E-state index contributed by atoms with van der Waals surface area (Å²) >= 11 is 7.71. The first-order chi connectivity index (χ1) is 10.1. The van der Waals surface area contributed by atoms with Crippen LogP contribution in [0, 0.1) is 0 Å². The molecule has 0 amide bonds. The van der Waals surface area contributed by atoms with Gasteiger partial charge in [0, 0.05) is 21.4 Å². The highest BCUT2D eigenvalue weighted by atomic mass is 35.5. The maximum Gasteiger partial charge on any atom is 0.338 e. The van der Waals surface area contributed by atoms with Gasteiger partial charge in [-0.25, -0.2) is 4.79 Å². The molecule has 2 aromatic carbocycles. The largest absolute Gasteiger partial charge is 0.462 e. The first-order valence-corrected chi connectivity index (χ1v) is 7.91. The van der Waals surface area contributed by atoms with Crippen molar-refractivity contribution in [2.24, 2.45) is 0 Å². The van der Waals surface area contributed by atoms with Crippen LogP contribution in [0.4, 0.5) is 5.69 Å². The topological polar surface area (TPSA) is 52.3 Å². The Balaban J connectivity index is 2.08. The maximum atomic E-state index is 11.6. The van der Waals surface area contributed by atoms with Crippen molar-refractivity contribution in [1.82, 2.24) is 0 Å². The van der Waals surface area contributed by atoms with E-state index >= 15 is 0 Å². The summed E-state index contributed by atoms with van der Waals surface area (Å²) in [5, 5.41) is 0.742. The van der Waals surface area contributed by atoms with Crippen LogP contribution >= 0.6 is 23.4 Å². The van der Waals surface area contributed by atoms with Gasteiger partial charge >= 0.3 is 5.97 Å². The van der Waals surface area contributed by atoms with E-state index in [1.807, 2.05) is 30.3 Å². The van der Waals surface area contributed by atoms with Gasteiger partial charge in [-0.05, 0) is 36.8 Å². The van der Waals surface area contributed by atoms with Gasteiger partial charge in [0.05, 0.1) is 12.2 Å². The van der Waals surface area contributed by atoms with Crippen molar-refractivity contribution in [3.8, 4) is 0 Å². The Hall–Kier alpha value is -1.65. The van der Waals surface area contributed by atoms with Crippen LogP contribution in [-0.2, 0) is 10.5 Å². The summed E-state index contributed by atoms with van der Waals surface area (Å²) in [7, 11) is 0. The third kappa shape index (κ3) is 4.16. The third-order valence-corrected chi connectivity index (χ3v) is 4.37. The molecule has 2 rings (SSSR count). The number of hydrogen-bond acceptors (Lipinski definition) is 4. The van der Waals surface area contributed by atoms with Gasteiger partial charge in [-0.1, -0.05) is 29.8 Å². The number of esters is 1. The average Bonchev–Trinajstić information content (AvgIpc) is 2.47. The van der Waals surface area contributed by atoms with E-state index in [4.69, 9.17) is 22.1 Å². The number of nitrogens with two attached hydrogens (primary N) is 1. The Kier molecular flexibility index (Phi) is 5.53. The summed E-state index contributed by atoms with van der Waals surface area (Å²) in [6.07, 6.45) is 0. The van der Waals surface area contributed by atoms with Gasteiger partial charge in [-0.15, -0.1) is 11.8 Å². The van der Waals surface area contributed by atoms with E-state index in [9.17, 15) is 4.79 Å². The highest BCUT2D eigenvalue weighted by molar-refractivity contribution is 7.98. The molecular weight excluding hydrogens is 306 g/mol. The van der Waals surface area contributed by atoms with E-state index in [1.165, 1.54) is 0 Å². The van der Waals surface area contributed by atoms with Crippen LogP contribution in [0.25, 0.3) is 0 Å². The molecule has 0 unspecified atom stereocenters. The molecule has 0 aliphatic rings. The SMILES string of the molecule is CCOC(=O)c1ccc(SCc2ccccc2Cl)c(N)c1. The van der Waals surface area contributed by atoms with Crippen molar-refractivity contribution in [3.63, 3.8) is 0 Å². The minimum atomic E-state index is -0.355. The normalized spacial score (nSPS) is 10.4. The van der Waals surface area contributed by atoms with Crippen LogP contribution in [0.2, 0.25) is 5.02 Å². The number of hydrogen-bond donors (Lipinski definition) is 1. The molecule has 110 valence electrons. The number of rotatable bonds is 5. The molecule has 0 heterocycles. The number of carbonyl (C=O) groups excluding carboxylic acids is 1. The Morgan fingerprint density at radius 1 is 1.29 bits per heavy atom. The van der Waals surface area contributed by atoms with E-state index in [-0.39, 0.29) is 5.97 Å². The van der Waals surface area contributed by atoms with Crippen LogP contribution in [0.3, 0.4) is 0 Å². The summed E-state index contributed by atoms with van der Waals surface area (Å²) in [4.78, 5) is 12.5. The molecule has 2 N–H and O–H groups in total. The van der Waals surface area contributed by atoms with Gasteiger partial charge in [-0.3, -0.25) is 0 Å². The van der Waals surface area contributed by atoms with Crippen LogP contribution in [-0.4, -0.2) is 12.6 Å². The van der Waals surface area contributed by atoms with Gasteiger partial charge in [0.15, 0.2) is 0 Å². The van der Waals surface area contributed by atoms with Gasteiger partial charge < -0.3 is 10.5 Å². The Morgan fingerprint density at radius 2 is 2.05 bits per heavy atom. The van der Waals surface area contributed by atoms with Gasteiger partial charge in [0.2, 0.25) is 0 Å². The zero-order valence-corrected chi connectivity index (χ0v) is 13.2. The van der Waals surface area contributed by atoms with Crippen LogP contribution < -0.4 is 5.73 Å². The number of benzene rings is 2. The predicted octanol–water partition coefficient (Wildman–Crippen LogP) is 4.39. The molecule has 0 aromatic heterocycles. The number of anilines is 1. The smallest absolute Gasteiger partial charge is 0.338 e. The summed E-state index contributed by atoms with van der Waals surface area (Å²) in [5.74, 6) is 0.370. The van der Waals surface area contributed by atoms with Gasteiger partial charge in [0.1, 0.15) is 0 Å². The lowest BCUT2D eigenvalue weighted by atomic mass is 10.2. The molecule has 0 bridgehead atoms. The zero-order valence-electron chi connectivity index (χ0n) is 11.6. The quantitative estimate of drug-likeness (QED) is 0.504. The number of halogens is 1. The first-order valence-electron chi connectivity index (χ1n) is 6.54. The van der Waals surface area contributed by atoms with Crippen molar-refractivity contribution in [2.45, 2.75) is 17.6 Å². The fraction of sp³-hybridized carbons (Fsp3) is 0.188. The Morgan fingerprint density at radius 3 is 2.71 bits per heavy atom. The number of thioether (sulfide) groups is 1. The zero-order chi connectivity index (χ0) is 15.2. The molecule has 0 atom stereocenters. The molecule has 0 saturated carbocycles. The lowest BCUT2D eigenvalue weighted by Gasteiger charge is -2.08. The standard InChI is InChI=1S/C16H16ClNO2S/c1-2-20-16(19)11-7-8-15(14(18)9-11)21-10-12-5-3-4-6-13(12)17/h3-9H,2,10,18H2,1H3. The molecule has 0 fully saturated rings. The molecular formula is C16H16ClNO2S. The van der Waals surface area contributed by atoms with Crippen molar-refractivity contribution in [3.05, 3.63) is 58.6 Å². The lowest BCUT2D eigenvalue weighted by molar-refractivity contribution is 0.0526. The highest BCUT2D eigenvalue weighted by Gasteiger charge is 2.09. The van der Waals surface area contributed by atoms with Crippen LogP contribution in [0.5, 0.6) is 0 Å². The third-order valence-electron chi connectivity index (χ3n) is 2.86. The molecule has 0 spiro atoms. The van der Waals surface area contributed by atoms with E-state index in [0.717, 1.165) is 21.2 Å². The van der Waals surface area contributed by atoms with Crippen molar-refractivity contribution in [2.75, 3.05) is 12.3 Å². The molecule has 2 aromatic rings. The molecule has 21 heavy (non-hydrogen) atoms. The van der Waals surface area contributed by atoms with Crippen molar-refractivity contribution < 1.29 is 9.53 Å². The first kappa shape index (κ1) is 15.7. The Bertz CT molecular complexity index is 646. The average molecular weight is 322 g/mol. The van der Waals surface area contributed by atoms with Gasteiger partial charge in [-0.2, -0.15) is 0 Å². The minimum absolute atomic E-state index is 0.349. The summed E-state index contributed by atoms with van der Waals surface area (Å²) in [5.41, 5.74) is 8.09. The summed E-state index contributed by atoms with van der Waals surface area (Å²) in [6.45, 7) is 2.12. The second kappa shape index (κ2) is 7.38. The van der Waals surface area contributed by atoms with Crippen molar-refractivity contribution >= 4 is 35.0 Å². The van der Waals surface area contributed by atoms with E-state index in [0.29, 0.717) is 17.9 Å². The number of nitrogen functional groups attached to an aromatic ring is 1.